The Hall–Kier alpha value is -2.70. The number of aliphatic carboxylic acids is 1. The number of benzene rings is 1. The standard InChI is InChI=1S/C18H22FN3O3/c1-13-10-20-22(11-13)14(2)18(25)21(9-3-4-17(23)24)12-15-5-7-16(19)8-6-15/h5-8,10-11,14H,3-4,9,12H2,1-2H3,(H,23,24). The van der Waals surface area contributed by atoms with Gasteiger partial charge in [-0.05, 0) is 43.5 Å². The molecule has 1 N–H and O–H groups in total. The highest BCUT2D eigenvalue weighted by Crippen LogP contribution is 2.15. The zero-order chi connectivity index (χ0) is 18.4. The molecular formula is C18H22FN3O3. The molecule has 1 aromatic heterocycles. The molecule has 1 aromatic carbocycles. The van der Waals surface area contributed by atoms with Crippen LogP contribution in [0.3, 0.4) is 0 Å². The molecule has 0 aliphatic rings. The largest absolute Gasteiger partial charge is 0.481 e. The molecule has 0 bridgehead atoms. The summed E-state index contributed by atoms with van der Waals surface area (Å²) in [5.41, 5.74) is 1.74. The molecule has 1 heterocycles. The molecule has 0 aliphatic carbocycles. The third-order valence-electron chi connectivity index (χ3n) is 3.90. The number of carboxylic acid groups (broad SMARTS) is 1. The van der Waals surface area contributed by atoms with Gasteiger partial charge in [-0.15, -0.1) is 0 Å². The van der Waals surface area contributed by atoms with Crippen LogP contribution in [0.2, 0.25) is 0 Å². The lowest BCUT2D eigenvalue weighted by atomic mass is 10.1. The number of carbonyl (C=O) groups is 2. The Morgan fingerprint density at radius 3 is 2.56 bits per heavy atom. The van der Waals surface area contributed by atoms with E-state index in [0.717, 1.165) is 11.1 Å². The second-order valence-electron chi connectivity index (χ2n) is 6.06. The van der Waals surface area contributed by atoms with Crippen LogP contribution in [-0.4, -0.2) is 38.2 Å². The van der Waals surface area contributed by atoms with Gasteiger partial charge in [0.05, 0.1) is 6.20 Å². The minimum atomic E-state index is -0.898. The van der Waals surface area contributed by atoms with Crippen molar-refractivity contribution < 1.29 is 19.1 Å². The summed E-state index contributed by atoms with van der Waals surface area (Å²) < 4.78 is 14.7. The third kappa shape index (κ3) is 5.41. The zero-order valence-corrected chi connectivity index (χ0v) is 14.4. The van der Waals surface area contributed by atoms with E-state index in [-0.39, 0.29) is 18.1 Å². The summed E-state index contributed by atoms with van der Waals surface area (Å²) in [6, 6.07) is 5.43. The van der Waals surface area contributed by atoms with Gasteiger partial charge in [0.1, 0.15) is 11.9 Å². The van der Waals surface area contributed by atoms with E-state index in [2.05, 4.69) is 5.10 Å². The van der Waals surface area contributed by atoms with Crippen molar-refractivity contribution in [2.75, 3.05) is 6.54 Å². The molecule has 6 nitrogen and oxygen atoms in total. The maximum Gasteiger partial charge on any atom is 0.303 e. The summed E-state index contributed by atoms with van der Waals surface area (Å²) in [6.45, 7) is 4.25. The van der Waals surface area contributed by atoms with Crippen molar-refractivity contribution in [1.82, 2.24) is 14.7 Å². The Morgan fingerprint density at radius 1 is 1.32 bits per heavy atom. The number of hydrogen-bond donors (Lipinski definition) is 1. The number of halogens is 1. The number of aryl methyl sites for hydroxylation is 1. The molecule has 0 radical (unpaired) electrons. The first-order valence-electron chi connectivity index (χ1n) is 8.12. The van der Waals surface area contributed by atoms with Crippen molar-refractivity contribution in [2.45, 2.75) is 39.3 Å². The fourth-order valence-electron chi connectivity index (χ4n) is 2.52. The molecule has 2 rings (SSSR count). The van der Waals surface area contributed by atoms with Crippen molar-refractivity contribution in [3.63, 3.8) is 0 Å². The summed E-state index contributed by atoms with van der Waals surface area (Å²) in [7, 11) is 0. The van der Waals surface area contributed by atoms with Crippen molar-refractivity contribution in [3.8, 4) is 0 Å². The van der Waals surface area contributed by atoms with Gasteiger partial charge in [-0.1, -0.05) is 12.1 Å². The Bertz CT molecular complexity index is 727. The molecule has 134 valence electrons. The number of carboxylic acids is 1. The molecule has 2 aromatic rings. The summed E-state index contributed by atoms with van der Waals surface area (Å²) in [5, 5.41) is 13.0. The molecule has 7 heteroatoms. The van der Waals surface area contributed by atoms with E-state index in [1.54, 1.807) is 41.0 Å². The predicted molar refractivity (Wildman–Crippen MR) is 90.4 cm³/mol. The molecule has 25 heavy (non-hydrogen) atoms. The van der Waals surface area contributed by atoms with E-state index in [0.29, 0.717) is 19.5 Å². The molecule has 1 atom stereocenters. The fraction of sp³-hybridized carbons (Fsp3) is 0.389. The molecule has 1 unspecified atom stereocenters. The number of aromatic nitrogens is 2. The first-order valence-corrected chi connectivity index (χ1v) is 8.12. The van der Waals surface area contributed by atoms with Crippen molar-refractivity contribution in [1.29, 1.82) is 0 Å². The van der Waals surface area contributed by atoms with Gasteiger partial charge in [-0.2, -0.15) is 5.10 Å². The predicted octanol–water partition coefficient (Wildman–Crippen LogP) is 2.79. The van der Waals surface area contributed by atoms with Gasteiger partial charge in [0.2, 0.25) is 5.91 Å². The Labute approximate surface area is 145 Å². The normalized spacial score (nSPS) is 12.0. The van der Waals surface area contributed by atoms with Crippen LogP contribution < -0.4 is 0 Å². The van der Waals surface area contributed by atoms with Crippen molar-refractivity contribution >= 4 is 11.9 Å². The van der Waals surface area contributed by atoms with Crippen LogP contribution in [0.5, 0.6) is 0 Å². The highest BCUT2D eigenvalue weighted by molar-refractivity contribution is 5.80. The Kier molecular flexibility index (Phi) is 6.27. The van der Waals surface area contributed by atoms with Gasteiger partial charge in [0.15, 0.2) is 0 Å². The van der Waals surface area contributed by atoms with Crippen LogP contribution in [0, 0.1) is 12.7 Å². The average molecular weight is 347 g/mol. The molecule has 0 spiro atoms. The SMILES string of the molecule is Cc1cnn(C(C)C(=O)N(CCCC(=O)O)Cc2ccc(F)cc2)c1. The van der Waals surface area contributed by atoms with Crippen LogP contribution in [-0.2, 0) is 16.1 Å². The number of carbonyl (C=O) groups excluding carboxylic acids is 1. The molecule has 0 fully saturated rings. The second-order valence-corrected chi connectivity index (χ2v) is 6.06. The lowest BCUT2D eigenvalue weighted by Gasteiger charge is -2.26. The summed E-state index contributed by atoms with van der Waals surface area (Å²) in [6.07, 6.45) is 3.81. The monoisotopic (exact) mass is 347 g/mol. The third-order valence-corrected chi connectivity index (χ3v) is 3.90. The number of nitrogens with zero attached hydrogens (tertiary/aromatic N) is 3. The highest BCUT2D eigenvalue weighted by Gasteiger charge is 2.22. The van der Waals surface area contributed by atoms with E-state index in [1.807, 2.05) is 6.92 Å². The van der Waals surface area contributed by atoms with E-state index in [9.17, 15) is 14.0 Å². The Balaban J connectivity index is 2.12. The van der Waals surface area contributed by atoms with Crippen LogP contribution in [0.4, 0.5) is 4.39 Å². The minimum absolute atomic E-state index is 0.0115. The molecule has 0 saturated heterocycles. The molecule has 1 amide bonds. The van der Waals surface area contributed by atoms with Crippen molar-refractivity contribution in [3.05, 3.63) is 53.6 Å². The van der Waals surface area contributed by atoms with Gasteiger partial charge >= 0.3 is 5.97 Å². The summed E-state index contributed by atoms with van der Waals surface area (Å²) in [5.74, 6) is -1.39. The van der Waals surface area contributed by atoms with Gasteiger partial charge in [-0.25, -0.2) is 4.39 Å². The van der Waals surface area contributed by atoms with Gasteiger partial charge < -0.3 is 10.0 Å². The summed E-state index contributed by atoms with van der Waals surface area (Å²) in [4.78, 5) is 25.2. The number of amides is 1. The molecular weight excluding hydrogens is 325 g/mol. The topological polar surface area (TPSA) is 75.4 Å². The number of rotatable bonds is 8. The first-order chi connectivity index (χ1) is 11.9. The lowest BCUT2D eigenvalue weighted by Crippen LogP contribution is -2.37. The Morgan fingerprint density at radius 2 is 2.00 bits per heavy atom. The quantitative estimate of drug-likeness (QED) is 0.797. The highest BCUT2D eigenvalue weighted by atomic mass is 19.1. The van der Waals surface area contributed by atoms with Crippen LogP contribution in [0.25, 0.3) is 0 Å². The van der Waals surface area contributed by atoms with Gasteiger partial charge in [-0.3, -0.25) is 14.3 Å². The van der Waals surface area contributed by atoms with Crippen LogP contribution in [0.1, 0.15) is 36.9 Å². The zero-order valence-electron chi connectivity index (χ0n) is 14.4. The van der Waals surface area contributed by atoms with E-state index in [4.69, 9.17) is 5.11 Å². The lowest BCUT2D eigenvalue weighted by molar-refractivity contribution is -0.139. The fourth-order valence-corrected chi connectivity index (χ4v) is 2.52. The molecule has 0 saturated carbocycles. The molecule has 0 aliphatic heterocycles. The van der Waals surface area contributed by atoms with Crippen molar-refractivity contribution in [2.24, 2.45) is 0 Å². The number of hydrogen-bond acceptors (Lipinski definition) is 3. The maximum atomic E-state index is 13.1. The van der Waals surface area contributed by atoms with Crippen LogP contribution in [0.15, 0.2) is 36.7 Å². The smallest absolute Gasteiger partial charge is 0.303 e. The minimum Gasteiger partial charge on any atom is -0.481 e. The van der Waals surface area contributed by atoms with Crippen LogP contribution >= 0.6 is 0 Å². The average Bonchev–Trinajstić information content (AvgIpc) is 3.00. The second kappa shape index (κ2) is 8.41. The van der Waals surface area contributed by atoms with E-state index in [1.165, 1.54) is 12.1 Å². The maximum absolute atomic E-state index is 13.1. The summed E-state index contributed by atoms with van der Waals surface area (Å²) >= 11 is 0. The van der Waals surface area contributed by atoms with Gasteiger partial charge in [0.25, 0.3) is 0 Å². The first kappa shape index (κ1) is 18.6. The van der Waals surface area contributed by atoms with Gasteiger partial charge in [0, 0.05) is 25.7 Å². The van der Waals surface area contributed by atoms with E-state index >= 15 is 0 Å². The van der Waals surface area contributed by atoms with E-state index < -0.39 is 12.0 Å².